The van der Waals surface area contributed by atoms with Crippen LogP contribution in [0.25, 0.3) is 6.08 Å². The van der Waals surface area contributed by atoms with E-state index in [1.165, 1.54) is 0 Å². The lowest BCUT2D eigenvalue weighted by molar-refractivity contribution is -0.165. The topological polar surface area (TPSA) is 23.6 Å². The summed E-state index contributed by atoms with van der Waals surface area (Å²) in [4.78, 5) is 15.1. The van der Waals surface area contributed by atoms with Crippen molar-refractivity contribution in [2.75, 3.05) is 32.7 Å². The van der Waals surface area contributed by atoms with Gasteiger partial charge in [-0.3, -0.25) is 9.69 Å². The summed E-state index contributed by atoms with van der Waals surface area (Å²) in [6.07, 6.45) is 0.0245. The molecule has 24 heavy (non-hydrogen) atoms. The van der Waals surface area contributed by atoms with Gasteiger partial charge < -0.3 is 4.90 Å². The van der Waals surface area contributed by atoms with Crippen molar-refractivity contribution < 1.29 is 18.0 Å². The van der Waals surface area contributed by atoms with Gasteiger partial charge >= 0.3 is 6.18 Å². The average molecular weight is 338 g/mol. The van der Waals surface area contributed by atoms with Gasteiger partial charge in [-0.05, 0) is 12.5 Å². The van der Waals surface area contributed by atoms with Crippen LogP contribution in [-0.4, -0.2) is 54.5 Å². The van der Waals surface area contributed by atoms with E-state index in [0.717, 1.165) is 25.2 Å². The second-order valence-electron chi connectivity index (χ2n) is 5.75. The molecule has 1 aliphatic heterocycles. The first-order chi connectivity index (χ1) is 11.4. The van der Waals surface area contributed by atoms with Gasteiger partial charge in [0, 0.05) is 44.5 Å². The molecule has 0 bridgehead atoms. The minimum atomic E-state index is -4.80. The molecule has 6 heteroatoms. The molecule has 1 heterocycles. The zero-order chi connectivity index (χ0) is 17.6. The van der Waals surface area contributed by atoms with Crippen molar-refractivity contribution in [3.05, 3.63) is 53.7 Å². The van der Waals surface area contributed by atoms with Crippen molar-refractivity contribution in [2.24, 2.45) is 0 Å². The third-order valence-corrected chi connectivity index (χ3v) is 3.96. The van der Waals surface area contributed by atoms with Crippen molar-refractivity contribution in [1.82, 2.24) is 9.80 Å². The third kappa shape index (κ3) is 5.53. The number of carbonyl (C=O) groups is 1. The Bertz CT molecular complexity index is 600. The molecule has 0 atom stereocenters. The number of rotatable bonds is 5. The highest BCUT2D eigenvalue weighted by Gasteiger charge is 2.36. The zero-order valence-corrected chi connectivity index (χ0v) is 13.6. The fraction of sp³-hybridized carbons (Fsp3) is 0.389. The highest BCUT2D eigenvalue weighted by molar-refractivity contribution is 5.94. The lowest BCUT2D eigenvalue weighted by atomic mass is 10.2. The summed E-state index contributed by atoms with van der Waals surface area (Å²) in [5, 5.41) is 0. The summed E-state index contributed by atoms with van der Waals surface area (Å²) in [5.41, 5.74) is 1.51. The number of carbonyl (C=O) groups excluding carboxylic acids is 1. The number of hydrogen-bond acceptors (Lipinski definition) is 3. The first kappa shape index (κ1) is 18.3. The van der Waals surface area contributed by atoms with E-state index in [9.17, 15) is 18.0 Å². The highest BCUT2D eigenvalue weighted by Crippen LogP contribution is 2.18. The minimum absolute atomic E-state index is 0.372. The summed E-state index contributed by atoms with van der Waals surface area (Å²) in [6.45, 7) is 5.09. The van der Waals surface area contributed by atoms with Gasteiger partial charge in [0.2, 0.25) is 0 Å². The van der Waals surface area contributed by atoms with Crippen LogP contribution >= 0.6 is 0 Å². The number of nitrogens with zero attached hydrogens (tertiary/aromatic N) is 2. The number of allylic oxidation sites excluding steroid dienone is 2. The Morgan fingerprint density at radius 1 is 1.12 bits per heavy atom. The predicted octanol–water partition coefficient (Wildman–Crippen LogP) is 3.35. The Balaban J connectivity index is 1.80. The van der Waals surface area contributed by atoms with Crippen molar-refractivity contribution in [3.63, 3.8) is 0 Å². The fourth-order valence-electron chi connectivity index (χ4n) is 2.55. The van der Waals surface area contributed by atoms with Crippen LogP contribution in [0.15, 0.2) is 48.2 Å². The largest absolute Gasteiger partial charge is 0.454 e. The van der Waals surface area contributed by atoms with Crippen LogP contribution in [0.1, 0.15) is 12.5 Å². The Labute approximate surface area is 140 Å². The Hall–Kier alpha value is -2.08. The summed E-state index contributed by atoms with van der Waals surface area (Å²) in [7, 11) is 0. The molecule has 1 saturated heterocycles. The summed E-state index contributed by atoms with van der Waals surface area (Å²) in [5.74, 6) is -1.80. The van der Waals surface area contributed by atoms with Gasteiger partial charge in [-0.15, -0.1) is 0 Å². The summed E-state index contributed by atoms with van der Waals surface area (Å²) in [6, 6.07) is 9.99. The van der Waals surface area contributed by atoms with Gasteiger partial charge in [-0.25, -0.2) is 0 Å². The molecule has 1 aliphatic rings. The molecule has 0 spiro atoms. The number of piperazine rings is 1. The molecule has 0 N–H and O–H groups in total. The van der Waals surface area contributed by atoms with Crippen LogP contribution in [0.2, 0.25) is 0 Å². The Kier molecular flexibility index (Phi) is 6.20. The third-order valence-electron chi connectivity index (χ3n) is 3.96. The minimum Gasteiger partial charge on any atom is -0.372 e. The number of alkyl halides is 3. The van der Waals surface area contributed by atoms with Crippen molar-refractivity contribution in [3.8, 4) is 0 Å². The van der Waals surface area contributed by atoms with E-state index in [0.29, 0.717) is 24.9 Å². The molecule has 0 amide bonds. The smallest absolute Gasteiger partial charge is 0.372 e. The molecular weight excluding hydrogens is 317 g/mol. The van der Waals surface area contributed by atoms with E-state index < -0.39 is 12.0 Å². The van der Waals surface area contributed by atoms with E-state index in [1.807, 2.05) is 35.2 Å². The molecule has 2 rings (SSSR count). The summed E-state index contributed by atoms with van der Waals surface area (Å²) >= 11 is 0. The zero-order valence-electron chi connectivity index (χ0n) is 13.6. The Morgan fingerprint density at radius 3 is 2.33 bits per heavy atom. The van der Waals surface area contributed by atoms with Crippen LogP contribution in [0, 0.1) is 0 Å². The Morgan fingerprint density at radius 2 is 1.75 bits per heavy atom. The van der Waals surface area contributed by atoms with Crippen molar-refractivity contribution >= 4 is 11.9 Å². The molecule has 0 saturated carbocycles. The van der Waals surface area contributed by atoms with Crippen LogP contribution in [0.3, 0.4) is 0 Å². The molecule has 0 aliphatic carbocycles. The number of benzene rings is 1. The quantitative estimate of drug-likeness (QED) is 0.769. The average Bonchev–Trinajstić information content (AvgIpc) is 2.55. The van der Waals surface area contributed by atoms with E-state index in [1.54, 1.807) is 6.92 Å². The van der Waals surface area contributed by atoms with Gasteiger partial charge in [0.15, 0.2) is 0 Å². The molecule has 130 valence electrons. The SMILES string of the molecule is CC(=CC(=O)C(F)(F)F)N1CCN(CC=Cc2ccccc2)CC1. The molecule has 3 nitrogen and oxygen atoms in total. The van der Waals surface area contributed by atoms with E-state index in [4.69, 9.17) is 0 Å². The predicted molar refractivity (Wildman–Crippen MR) is 88.3 cm³/mol. The number of hydrogen-bond donors (Lipinski definition) is 0. The second kappa shape index (κ2) is 8.15. The highest BCUT2D eigenvalue weighted by atomic mass is 19.4. The van der Waals surface area contributed by atoms with E-state index in [-0.39, 0.29) is 0 Å². The molecule has 1 aromatic rings. The fourth-order valence-corrected chi connectivity index (χ4v) is 2.55. The van der Waals surface area contributed by atoms with Crippen LogP contribution in [-0.2, 0) is 4.79 Å². The normalized spacial score (nSPS) is 17.5. The standard InChI is InChI=1S/C18H21F3N2O/c1-15(14-17(24)18(19,20)21)23-12-10-22(11-13-23)9-5-8-16-6-3-2-4-7-16/h2-8,14H,9-13H2,1H3. The van der Waals surface area contributed by atoms with Crippen LogP contribution < -0.4 is 0 Å². The van der Waals surface area contributed by atoms with E-state index in [2.05, 4.69) is 17.1 Å². The lowest BCUT2D eigenvalue weighted by Gasteiger charge is -2.36. The summed E-state index contributed by atoms with van der Waals surface area (Å²) < 4.78 is 36.9. The lowest BCUT2D eigenvalue weighted by Crippen LogP contribution is -2.45. The van der Waals surface area contributed by atoms with E-state index >= 15 is 0 Å². The van der Waals surface area contributed by atoms with Gasteiger partial charge in [-0.1, -0.05) is 42.5 Å². The van der Waals surface area contributed by atoms with Crippen molar-refractivity contribution in [1.29, 1.82) is 0 Å². The number of halogens is 3. The van der Waals surface area contributed by atoms with Crippen molar-refractivity contribution in [2.45, 2.75) is 13.1 Å². The second-order valence-corrected chi connectivity index (χ2v) is 5.75. The molecule has 0 aromatic heterocycles. The number of ketones is 1. The maximum atomic E-state index is 12.3. The van der Waals surface area contributed by atoms with Gasteiger partial charge in [0.1, 0.15) is 0 Å². The monoisotopic (exact) mass is 338 g/mol. The molecule has 0 radical (unpaired) electrons. The molecule has 1 fully saturated rings. The first-order valence-corrected chi connectivity index (χ1v) is 7.84. The van der Waals surface area contributed by atoms with Gasteiger partial charge in [0.25, 0.3) is 5.78 Å². The molecular formula is C18H21F3N2O. The van der Waals surface area contributed by atoms with Gasteiger partial charge in [-0.2, -0.15) is 13.2 Å². The van der Waals surface area contributed by atoms with Crippen LogP contribution in [0.4, 0.5) is 13.2 Å². The maximum absolute atomic E-state index is 12.3. The molecule has 1 aromatic carbocycles. The first-order valence-electron chi connectivity index (χ1n) is 7.84. The maximum Gasteiger partial charge on any atom is 0.454 e. The van der Waals surface area contributed by atoms with Gasteiger partial charge in [0.05, 0.1) is 0 Å². The molecule has 0 unspecified atom stereocenters. The van der Waals surface area contributed by atoms with Crippen LogP contribution in [0.5, 0.6) is 0 Å².